The van der Waals surface area contributed by atoms with Gasteiger partial charge in [0.05, 0.1) is 13.2 Å². The molecule has 2 atom stereocenters. The third-order valence-corrected chi connectivity index (χ3v) is 4.52. The first-order valence-corrected chi connectivity index (χ1v) is 7.40. The van der Waals surface area contributed by atoms with Gasteiger partial charge in [-0.25, -0.2) is 9.18 Å². The van der Waals surface area contributed by atoms with Crippen molar-refractivity contribution in [1.82, 2.24) is 5.32 Å². The summed E-state index contributed by atoms with van der Waals surface area (Å²) in [7, 11) is 1.37. The summed E-state index contributed by atoms with van der Waals surface area (Å²) in [6.45, 7) is 1.34. The first-order chi connectivity index (χ1) is 10.2. The lowest BCUT2D eigenvalue weighted by Crippen LogP contribution is -2.50. The summed E-state index contributed by atoms with van der Waals surface area (Å²) >= 11 is 0. The van der Waals surface area contributed by atoms with Crippen molar-refractivity contribution in [3.63, 3.8) is 0 Å². The van der Waals surface area contributed by atoms with E-state index in [0.29, 0.717) is 30.5 Å². The fourth-order valence-corrected chi connectivity index (χ4v) is 3.40. The number of fused-ring (bicyclic) bond motifs is 1. The second-order valence-electron chi connectivity index (χ2n) is 5.68. The molecule has 5 heteroatoms. The largest absolute Gasteiger partial charge is 0.467 e. The number of hydrogen-bond donors (Lipinski definition) is 1. The number of hydrogen-bond acceptors (Lipinski definition) is 4. The second kappa shape index (κ2) is 5.73. The van der Waals surface area contributed by atoms with E-state index in [4.69, 9.17) is 9.47 Å². The van der Waals surface area contributed by atoms with Crippen molar-refractivity contribution in [3.05, 3.63) is 35.1 Å². The van der Waals surface area contributed by atoms with Crippen LogP contribution in [0.5, 0.6) is 0 Å². The van der Waals surface area contributed by atoms with Crippen molar-refractivity contribution in [2.75, 3.05) is 20.3 Å². The van der Waals surface area contributed by atoms with Gasteiger partial charge in [0.1, 0.15) is 11.4 Å². The van der Waals surface area contributed by atoms with Gasteiger partial charge in [0.2, 0.25) is 0 Å². The van der Waals surface area contributed by atoms with E-state index in [1.165, 1.54) is 13.2 Å². The lowest BCUT2D eigenvalue weighted by Gasteiger charge is -2.30. The summed E-state index contributed by atoms with van der Waals surface area (Å²) in [5, 5.41) is 3.30. The third-order valence-electron chi connectivity index (χ3n) is 4.52. The Balaban J connectivity index is 1.89. The maximum absolute atomic E-state index is 13.9. The summed E-state index contributed by atoms with van der Waals surface area (Å²) < 4.78 is 24.5. The van der Waals surface area contributed by atoms with Gasteiger partial charge < -0.3 is 9.47 Å². The molecule has 114 valence electrons. The Kier molecular flexibility index (Phi) is 3.95. The molecule has 0 bridgehead atoms. The van der Waals surface area contributed by atoms with Crippen LogP contribution in [-0.2, 0) is 26.2 Å². The van der Waals surface area contributed by atoms with E-state index in [1.807, 2.05) is 6.07 Å². The molecule has 4 nitrogen and oxygen atoms in total. The summed E-state index contributed by atoms with van der Waals surface area (Å²) in [6.07, 6.45) is 3.20. The molecule has 1 heterocycles. The number of carbonyl (C=O) groups is 1. The lowest BCUT2D eigenvalue weighted by molar-refractivity contribution is -0.149. The van der Waals surface area contributed by atoms with Crippen LogP contribution in [0.2, 0.25) is 0 Å². The second-order valence-corrected chi connectivity index (χ2v) is 5.68. The SMILES string of the molecule is COC(=O)C1(NCC2CCCO2)CCc2c(F)cccc21. The highest BCUT2D eigenvalue weighted by atomic mass is 19.1. The molecule has 1 aromatic rings. The molecule has 1 aliphatic carbocycles. The number of carbonyl (C=O) groups excluding carboxylic acids is 1. The van der Waals surface area contributed by atoms with E-state index < -0.39 is 5.54 Å². The predicted octanol–water partition coefficient (Wildman–Crippen LogP) is 1.91. The van der Waals surface area contributed by atoms with Gasteiger partial charge in [0.25, 0.3) is 0 Å². The van der Waals surface area contributed by atoms with Crippen LogP contribution in [0.1, 0.15) is 30.4 Å². The molecule has 0 saturated carbocycles. The highest BCUT2D eigenvalue weighted by Crippen LogP contribution is 2.39. The first kappa shape index (κ1) is 14.5. The monoisotopic (exact) mass is 293 g/mol. The smallest absolute Gasteiger partial charge is 0.330 e. The minimum Gasteiger partial charge on any atom is -0.467 e. The van der Waals surface area contributed by atoms with Gasteiger partial charge >= 0.3 is 5.97 Å². The van der Waals surface area contributed by atoms with Crippen LogP contribution in [0.25, 0.3) is 0 Å². The van der Waals surface area contributed by atoms with E-state index in [0.717, 1.165) is 19.4 Å². The Labute approximate surface area is 123 Å². The Morgan fingerprint density at radius 3 is 3.14 bits per heavy atom. The van der Waals surface area contributed by atoms with Crippen LogP contribution in [0, 0.1) is 5.82 Å². The van der Waals surface area contributed by atoms with Crippen LogP contribution in [-0.4, -0.2) is 32.3 Å². The van der Waals surface area contributed by atoms with E-state index in [2.05, 4.69) is 5.32 Å². The molecule has 0 spiro atoms. The molecule has 2 aliphatic rings. The van der Waals surface area contributed by atoms with Gasteiger partial charge in [-0.05, 0) is 42.9 Å². The summed E-state index contributed by atoms with van der Waals surface area (Å²) in [5.74, 6) is -0.609. The van der Waals surface area contributed by atoms with E-state index in [-0.39, 0.29) is 17.9 Å². The minimum atomic E-state index is -0.946. The Morgan fingerprint density at radius 2 is 2.43 bits per heavy atom. The van der Waals surface area contributed by atoms with Crippen molar-refractivity contribution in [2.45, 2.75) is 37.3 Å². The predicted molar refractivity (Wildman–Crippen MR) is 75.4 cm³/mol. The standard InChI is InChI=1S/C16H20FNO3/c1-20-15(19)16(18-10-11-4-3-9-21-11)8-7-12-13(16)5-2-6-14(12)17/h2,5-6,11,18H,3-4,7-10H2,1H3. The number of methoxy groups -OCH3 is 1. The Bertz CT molecular complexity index is 542. The average Bonchev–Trinajstić information content (AvgIpc) is 3.13. The number of benzene rings is 1. The fraction of sp³-hybridized carbons (Fsp3) is 0.562. The van der Waals surface area contributed by atoms with Gasteiger partial charge in [0.15, 0.2) is 0 Å². The van der Waals surface area contributed by atoms with E-state index >= 15 is 0 Å². The summed E-state index contributed by atoms with van der Waals surface area (Å²) in [5.41, 5.74) is 0.369. The van der Waals surface area contributed by atoms with Gasteiger partial charge in [-0.3, -0.25) is 5.32 Å². The molecule has 2 unspecified atom stereocenters. The number of esters is 1. The quantitative estimate of drug-likeness (QED) is 0.862. The van der Waals surface area contributed by atoms with Crippen LogP contribution >= 0.6 is 0 Å². The molecule has 1 fully saturated rings. The van der Waals surface area contributed by atoms with Crippen LogP contribution < -0.4 is 5.32 Å². The summed E-state index contributed by atoms with van der Waals surface area (Å²) in [6, 6.07) is 4.89. The maximum Gasteiger partial charge on any atom is 0.330 e. The maximum atomic E-state index is 13.9. The molecule has 1 aliphatic heterocycles. The minimum absolute atomic E-state index is 0.115. The lowest BCUT2D eigenvalue weighted by atomic mass is 9.91. The van der Waals surface area contributed by atoms with Gasteiger partial charge in [-0.2, -0.15) is 0 Å². The fourth-order valence-electron chi connectivity index (χ4n) is 3.40. The van der Waals surface area contributed by atoms with E-state index in [1.54, 1.807) is 6.07 Å². The molecule has 1 saturated heterocycles. The van der Waals surface area contributed by atoms with Gasteiger partial charge in [0, 0.05) is 13.2 Å². The molecule has 3 rings (SSSR count). The molecule has 0 aromatic heterocycles. The molecule has 1 N–H and O–H groups in total. The highest BCUT2D eigenvalue weighted by molar-refractivity contribution is 5.84. The molecular weight excluding hydrogens is 273 g/mol. The topological polar surface area (TPSA) is 47.6 Å². The van der Waals surface area contributed by atoms with Crippen LogP contribution in [0.15, 0.2) is 18.2 Å². The Hall–Kier alpha value is -1.46. The number of halogens is 1. The number of nitrogens with one attached hydrogen (secondary N) is 1. The molecule has 0 radical (unpaired) electrons. The summed E-state index contributed by atoms with van der Waals surface area (Å²) in [4.78, 5) is 12.4. The zero-order chi connectivity index (χ0) is 14.9. The van der Waals surface area contributed by atoms with Gasteiger partial charge in [-0.15, -0.1) is 0 Å². The van der Waals surface area contributed by atoms with Crippen LogP contribution in [0.4, 0.5) is 4.39 Å². The van der Waals surface area contributed by atoms with Crippen molar-refractivity contribution in [2.24, 2.45) is 0 Å². The van der Waals surface area contributed by atoms with E-state index in [9.17, 15) is 9.18 Å². The number of ether oxygens (including phenoxy) is 2. The zero-order valence-corrected chi connectivity index (χ0v) is 12.2. The van der Waals surface area contributed by atoms with Crippen LogP contribution in [0.3, 0.4) is 0 Å². The molecule has 21 heavy (non-hydrogen) atoms. The van der Waals surface area contributed by atoms with Crippen molar-refractivity contribution < 1.29 is 18.7 Å². The Morgan fingerprint density at radius 1 is 1.57 bits per heavy atom. The third kappa shape index (κ3) is 2.45. The molecule has 0 amide bonds. The van der Waals surface area contributed by atoms with Crippen molar-refractivity contribution >= 4 is 5.97 Å². The normalized spacial score (nSPS) is 27.6. The highest BCUT2D eigenvalue weighted by Gasteiger charge is 2.47. The van der Waals surface area contributed by atoms with Gasteiger partial charge in [-0.1, -0.05) is 12.1 Å². The molecular formula is C16H20FNO3. The van der Waals surface area contributed by atoms with Crippen molar-refractivity contribution in [3.8, 4) is 0 Å². The van der Waals surface area contributed by atoms with Crippen molar-refractivity contribution in [1.29, 1.82) is 0 Å². The molecule has 1 aromatic carbocycles. The zero-order valence-electron chi connectivity index (χ0n) is 12.2. The first-order valence-electron chi connectivity index (χ1n) is 7.40. The number of rotatable bonds is 4. The average molecular weight is 293 g/mol.